The molecule has 1 saturated heterocycles. The van der Waals surface area contributed by atoms with Gasteiger partial charge in [-0.2, -0.15) is 0 Å². The van der Waals surface area contributed by atoms with Crippen molar-refractivity contribution in [2.24, 2.45) is 5.92 Å². The van der Waals surface area contributed by atoms with Crippen molar-refractivity contribution in [1.29, 1.82) is 0 Å². The number of nitrogens with zero attached hydrogens (tertiary/aromatic N) is 2. The van der Waals surface area contributed by atoms with E-state index < -0.39 is 6.10 Å². The molecule has 182 valence electrons. The maximum atomic E-state index is 10.4. The second kappa shape index (κ2) is 13.4. The minimum Gasteiger partial charge on any atom is -0.493 e. The van der Waals surface area contributed by atoms with E-state index >= 15 is 0 Å². The second-order valence-electron chi connectivity index (χ2n) is 9.80. The second-order valence-corrected chi connectivity index (χ2v) is 9.80. The normalized spacial score (nSPS) is 19.9. The van der Waals surface area contributed by atoms with Crippen LogP contribution in [0.1, 0.15) is 57.4 Å². The number of ether oxygens (including phenoxy) is 3. The van der Waals surface area contributed by atoms with Gasteiger partial charge in [-0.15, -0.1) is 0 Å². The van der Waals surface area contributed by atoms with Crippen LogP contribution in [-0.2, 0) is 11.3 Å². The lowest BCUT2D eigenvalue weighted by Crippen LogP contribution is -2.35. The Bertz CT molecular complexity index is 657. The predicted octanol–water partition coefficient (Wildman–Crippen LogP) is 3.95. The highest BCUT2D eigenvalue weighted by Gasteiger charge is 2.18. The van der Waals surface area contributed by atoms with E-state index in [0.29, 0.717) is 25.9 Å². The van der Waals surface area contributed by atoms with Crippen LogP contribution in [0.25, 0.3) is 0 Å². The number of likely N-dealkylation sites (tertiary alicyclic amines) is 1. The number of hydrogen-bond donors (Lipinski definition) is 1. The van der Waals surface area contributed by atoms with Crippen molar-refractivity contribution in [3.05, 3.63) is 23.8 Å². The molecule has 2 fully saturated rings. The highest BCUT2D eigenvalue weighted by atomic mass is 16.5. The highest BCUT2D eigenvalue weighted by Crippen LogP contribution is 2.29. The van der Waals surface area contributed by atoms with E-state index in [1.165, 1.54) is 45.2 Å². The van der Waals surface area contributed by atoms with Crippen LogP contribution in [0.15, 0.2) is 18.2 Å². The topological polar surface area (TPSA) is 54.4 Å². The SMILES string of the molecule is COc1cc(CN(C)C[C@H](O)COC2CCCCC2)ccc1OCCN1CCC(C)CC1. The number of rotatable bonds is 12. The van der Waals surface area contributed by atoms with Crippen molar-refractivity contribution in [1.82, 2.24) is 9.80 Å². The highest BCUT2D eigenvalue weighted by molar-refractivity contribution is 5.43. The van der Waals surface area contributed by atoms with Gasteiger partial charge in [-0.05, 0) is 69.4 Å². The summed E-state index contributed by atoms with van der Waals surface area (Å²) in [6.07, 6.45) is 8.51. The summed E-state index contributed by atoms with van der Waals surface area (Å²) in [5.74, 6) is 2.41. The monoisotopic (exact) mass is 448 g/mol. The fourth-order valence-corrected chi connectivity index (χ4v) is 4.77. The van der Waals surface area contributed by atoms with Crippen LogP contribution in [-0.4, -0.2) is 80.7 Å². The molecule has 2 aliphatic rings. The molecule has 1 saturated carbocycles. The van der Waals surface area contributed by atoms with Crippen molar-refractivity contribution in [2.75, 3.05) is 53.6 Å². The first-order chi connectivity index (χ1) is 15.5. The van der Waals surface area contributed by atoms with Crippen LogP contribution in [0, 0.1) is 5.92 Å². The summed E-state index contributed by atoms with van der Waals surface area (Å²) in [7, 11) is 3.72. The Kier molecular flexibility index (Phi) is 10.6. The third kappa shape index (κ3) is 8.54. The molecular formula is C26H44N2O4. The summed E-state index contributed by atoms with van der Waals surface area (Å²) in [4.78, 5) is 4.61. The molecule has 0 spiro atoms. The number of piperidine rings is 1. The third-order valence-corrected chi connectivity index (χ3v) is 6.82. The van der Waals surface area contributed by atoms with Gasteiger partial charge in [-0.1, -0.05) is 32.3 Å². The van der Waals surface area contributed by atoms with Gasteiger partial charge in [0.15, 0.2) is 11.5 Å². The molecule has 6 heteroatoms. The molecular weight excluding hydrogens is 404 g/mol. The van der Waals surface area contributed by atoms with E-state index in [9.17, 15) is 5.11 Å². The Morgan fingerprint density at radius 2 is 1.84 bits per heavy atom. The fraction of sp³-hybridized carbons (Fsp3) is 0.769. The van der Waals surface area contributed by atoms with Gasteiger partial charge in [0, 0.05) is 19.6 Å². The minimum absolute atomic E-state index is 0.332. The van der Waals surface area contributed by atoms with Gasteiger partial charge in [0.2, 0.25) is 0 Å². The number of aliphatic hydroxyl groups is 1. The molecule has 1 aromatic carbocycles. The van der Waals surface area contributed by atoms with E-state index in [4.69, 9.17) is 14.2 Å². The van der Waals surface area contributed by atoms with Crippen molar-refractivity contribution >= 4 is 0 Å². The van der Waals surface area contributed by atoms with Crippen molar-refractivity contribution in [2.45, 2.75) is 70.6 Å². The number of methoxy groups -OCH3 is 1. The Labute approximate surface area is 194 Å². The first-order valence-electron chi connectivity index (χ1n) is 12.5. The Hall–Kier alpha value is -1.34. The first kappa shape index (κ1) is 25.3. The molecule has 0 unspecified atom stereocenters. The predicted molar refractivity (Wildman–Crippen MR) is 128 cm³/mol. The molecule has 6 nitrogen and oxygen atoms in total. The molecule has 0 bridgehead atoms. The summed E-state index contributed by atoms with van der Waals surface area (Å²) in [6.45, 7) is 8.06. The van der Waals surface area contributed by atoms with Gasteiger partial charge in [-0.25, -0.2) is 0 Å². The quantitative estimate of drug-likeness (QED) is 0.523. The molecule has 1 heterocycles. The molecule has 0 amide bonds. The number of likely N-dealkylation sites (N-methyl/N-ethyl adjacent to an activating group) is 1. The molecule has 1 N–H and O–H groups in total. The van der Waals surface area contributed by atoms with Gasteiger partial charge in [0.25, 0.3) is 0 Å². The van der Waals surface area contributed by atoms with Gasteiger partial charge < -0.3 is 19.3 Å². The van der Waals surface area contributed by atoms with Crippen LogP contribution in [0.3, 0.4) is 0 Å². The summed E-state index contributed by atoms with van der Waals surface area (Å²) >= 11 is 0. The van der Waals surface area contributed by atoms with Gasteiger partial charge in [0.1, 0.15) is 6.61 Å². The summed E-state index contributed by atoms with van der Waals surface area (Å²) in [5.41, 5.74) is 1.14. The number of benzene rings is 1. The standard InChI is InChI=1S/C26H44N2O4/c1-21-11-13-28(14-12-21)15-16-31-25-10-9-22(17-26(25)30-3)18-27(2)19-23(29)20-32-24-7-5-4-6-8-24/h9-10,17,21,23-24,29H,4-8,11-16,18-20H2,1-3H3/t23-/m0/s1. The molecule has 1 aliphatic carbocycles. The summed E-state index contributed by atoms with van der Waals surface area (Å²) < 4.78 is 17.5. The van der Waals surface area contributed by atoms with Crippen LogP contribution in [0.2, 0.25) is 0 Å². The lowest BCUT2D eigenvalue weighted by Gasteiger charge is -2.30. The average Bonchev–Trinajstić information content (AvgIpc) is 2.80. The van der Waals surface area contributed by atoms with Crippen molar-refractivity contribution in [3.8, 4) is 11.5 Å². The van der Waals surface area contributed by atoms with Crippen LogP contribution in [0.5, 0.6) is 11.5 Å². The Morgan fingerprint density at radius 1 is 1.09 bits per heavy atom. The van der Waals surface area contributed by atoms with E-state index in [0.717, 1.165) is 48.9 Å². The van der Waals surface area contributed by atoms with Gasteiger partial charge in [0.05, 0.1) is 25.9 Å². The van der Waals surface area contributed by atoms with Gasteiger partial charge >= 0.3 is 0 Å². The van der Waals surface area contributed by atoms with E-state index in [-0.39, 0.29) is 0 Å². The minimum atomic E-state index is -0.468. The molecule has 1 aliphatic heterocycles. The van der Waals surface area contributed by atoms with Crippen LogP contribution >= 0.6 is 0 Å². The first-order valence-corrected chi connectivity index (χ1v) is 12.5. The van der Waals surface area contributed by atoms with Crippen molar-refractivity contribution < 1.29 is 19.3 Å². The third-order valence-electron chi connectivity index (χ3n) is 6.82. The molecule has 32 heavy (non-hydrogen) atoms. The van der Waals surface area contributed by atoms with Crippen molar-refractivity contribution in [3.63, 3.8) is 0 Å². The Morgan fingerprint density at radius 3 is 2.56 bits per heavy atom. The largest absolute Gasteiger partial charge is 0.493 e. The van der Waals surface area contributed by atoms with E-state index in [1.54, 1.807) is 7.11 Å². The lowest BCUT2D eigenvalue weighted by atomic mass is 9.98. The smallest absolute Gasteiger partial charge is 0.161 e. The molecule has 0 aromatic heterocycles. The fourth-order valence-electron chi connectivity index (χ4n) is 4.77. The van der Waals surface area contributed by atoms with Gasteiger partial charge in [-0.3, -0.25) is 9.80 Å². The average molecular weight is 449 g/mol. The van der Waals surface area contributed by atoms with E-state index in [1.807, 2.05) is 19.2 Å². The zero-order valence-corrected chi connectivity index (χ0v) is 20.4. The number of aliphatic hydroxyl groups excluding tert-OH is 1. The zero-order valence-electron chi connectivity index (χ0n) is 20.4. The summed E-state index contributed by atoms with van der Waals surface area (Å²) in [6, 6.07) is 6.13. The van der Waals surface area contributed by atoms with E-state index in [2.05, 4.69) is 22.8 Å². The molecule has 3 rings (SSSR count). The molecule has 1 aromatic rings. The lowest BCUT2D eigenvalue weighted by molar-refractivity contribution is -0.0319. The Balaban J connectivity index is 1.39. The zero-order chi connectivity index (χ0) is 22.8. The van der Waals surface area contributed by atoms with Crippen LogP contribution < -0.4 is 9.47 Å². The van der Waals surface area contributed by atoms with Crippen LogP contribution in [0.4, 0.5) is 0 Å². The maximum absolute atomic E-state index is 10.4. The number of hydrogen-bond acceptors (Lipinski definition) is 6. The summed E-state index contributed by atoms with van der Waals surface area (Å²) in [5, 5.41) is 10.4. The maximum Gasteiger partial charge on any atom is 0.161 e. The molecule has 0 radical (unpaired) electrons. The molecule has 1 atom stereocenters.